The molecule has 4 atom stereocenters. The van der Waals surface area contributed by atoms with Crippen molar-refractivity contribution in [1.29, 1.82) is 0 Å². The van der Waals surface area contributed by atoms with E-state index in [9.17, 15) is 18.4 Å². The summed E-state index contributed by atoms with van der Waals surface area (Å²) in [6.07, 6.45) is 2.24. The van der Waals surface area contributed by atoms with E-state index in [0.29, 0.717) is 30.9 Å². The number of alkyl halides is 2. The fraction of sp³-hybridized carbons (Fsp3) is 0.400. The minimum Gasteiger partial charge on any atom is -0.373 e. The number of carbonyl (C=O) groups is 1. The molecule has 3 aromatic heterocycles. The lowest BCUT2D eigenvalue weighted by atomic mass is 9.90. The van der Waals surface area contributed by atoms with Crippen LogP contribution in [0.5, 0.6) is 0 Å². The molecule has 0 radical (unpaired) electrons. The molecular weight excluding hydrogens is 408 g/mol. The number of hydrogen-bond acceptors (Lipinski definition) is 6. The van der Waals surface area contributed by atoms with Gasteiger partial charge in [-0.3, -0.25) is 9.59 Å². The summed E-state index contributed by atoms with van der Waals surface area (Å²) < 4.78 is 29.8. The van der Waals surface area contributed by atoms with Crippen LogP contribution in [-0.4, -0.2) is 50.5 Å². The normalized spacial score (nSPS) is 24.5. The van der Waals surface area contributed by atoms with E-state index in [1.54, 1.807) is 31.4 Å². The van der Waals surface area contributed by atoms with Gasteiger partial charge in [-0.15, -0.1) is 0 Å². The van der Waals surface area contributed by atoms with Gasteiger partial charge < -0.3 is 20.5 Å². The predicted octanol–water partition coefficient (Wildman–Crippen LogP) is 2.19. The molecular formula is C20H21F2N7O2. The topological polar surface area (TPSA) is 105 Å². The molecule has 11 heteroatoms. The lowest BCUT2D eigenvalue weighted by molar-refractivity contribution is 0.0826. The minimum atomic E-state index is -1.04. The molecule has 3 heterocycles. The number of carbonyl (C=O) groups excluding carboxylic acids is 1. The third-order valence-electron chi connectivity index (χ3n) is 5.75. The molecule has 0 bridgehead atoms. The van der Waals surface area contributed by atoms with Crippen molar-refractivity contribution in [3.05, 3.63) is 46.5 Å². The first-order valence-electron chi connectivity index (χ1n) is 10.1. The molecule has 0 unspecified atom stereocenters. The highest BCUT2D eigenvalue weighted by Crippen LogP contribution is 2.37. The first-order chi connectivity index (χ1) is 15.0. The summed E-state index contributed by atoms with van der Waals surface area (Å²) in [4.78, 5) is 29.8. The second-order valence-electron chi connectivity index (χ2n) is 7.82. The smallest absolute Gasteiger partial charge is 0.274 e. The number of anilines is 3. The zero-order valence-electron chi connectivity index (χ0n) is 16.7. The Bertz CT molecular complexity index is 1220. The average Bonchev–Trinajstić information content (AvgIpc) is 3.32. The molecule has 2 fully saturated rings. The zero-order chi connectivity index (χ0) is 21.7. The zero-order valence-corrected chi connectivity index (χ0v) is 16.7. The predicted molar refractivity (Wildman–Crippen MR) is 110 cm³/mol. The van der Waals surface area contributed by atoms with Crippen molar-refractivity contribution in [2.45, 2.75) is 43.7 Å². The van der Waals surface area contributed by atoms with Gasteiger partial charge in [0.05, 0.1) is 18.3 Å². The van der Waals surface area contributed by atoms with E-state index in [-0.39, 0.29) is 22.5 Å². The van der Waals surface area contributed by atoms with Crippen molar-refractivity contribution >= 4 is 28.9 Å². The Kier molecular flexibility index (Phi) is 4.60. The number of nitrogens with zero attached hydrogens (tertiary/aromatic N) is 4. The fourth-order valence-corrected chi connectivity index (χ4v) is 3.68. The molecule has 2 aliphatic carbocycles. The van der Waals surface area contributed by atoms with E-state index in [2.05, 4.69) is 26.0 Å². The third kappa shape index (κ3) is 3.39. The van der Waals surface area contributed by atoms with Crippen molar-refractivity contribution in [3.8, 4) is 0 Å². The Labute approximate surface area is 175 Å². The molecule has 1 amide bonds. The highest BCUT2D eigenvalue weighted by Gasteiger charge is 2.40. The summed E-state index contributed by atoms with van der Waals surface area (Å²) >= 11 is 0. The number of rotatable bonds is 6. The summed E-state index contributed by atoms with van der Waals surface area (Å²) in [5, 5.41) is 12.8. The third-order valence-corrected chi connectivity index (χ3v) is 5.75. The number of pyridine rings is 1. The molecule has 9 nitrogen and oxygen atoms in total. The quantitative estimate of drug-likeness (QED) is 0.555. The first kappa shape index (κ1) is 19.5. The highest BCUT2D eigenvalue weighted by atomic mass is 19.1. The lowest BCUT2D eigenvalue weighted by Crippen LogP contribution is -2.48. The Morgan fingerprint density at radius 2 is 2.06 bits per heavy atom. The Balaban J connectivity index is 1.48. The van der Waals surface area contributed by atoms with E-state index in [1.165, 1.54) is 15.3 Å². The summed E-state index contributed by atoms with van der Waals surface area (Å²) in [6, 6.07) is 3.94. The molecule has 3 aromatic rings. The van der Waals surface area contributed by atoms with Crippen molar-refractivity contribution in [2.75, 3.05) is 17.7 Å². The van der Waals surface area contributed by atoms with Crippen LogP contribution >= 0.6 is 0 Å². The maximum atomic E-state index is 13.6. The largest absolute Gasteiger partial charge is 0.373 e. The first-order valence-corrected chi connectivity index (χ1v) is 10.1. The number of hydrogen-bond donors (Lipinski definition) is 3. The van der Waals surface area contributed by atoms with Crippen LogP contribution in [0, 0.1) is 0 Å². The molecule has 0 spiro atoms. The standard InChI is InChI=1S/C20H21F2N7O2/c1-23-17-8-16(25-14-3-2-6-28(20(14)31)15-7-12(15)22)27-18-10(9-24-29(17)18)19(30)26-13-5-4-11(13)21/h2-3,6,8-9,11-13,15,23H,4-5,7H2,1H3,(H,25,27)(H,26,30)/t11-,12+,13-,15+/m0/s1. The van der Waals surface area contributed by atoms with Crippen LogP contribution in [0.25, 0.3) is 5.65 Å². The second kappa shape index (κ2) is 7.33. The highest BCUT2D eigenvalue weighted by molar-refractivity contribution is 6.00. The molecule has 0 saturated heterocycles. The van der Waals surface area contributed by atoms with Crippen LogP contribution < -0.4 is 21.5 Å². The molecule has 162 valence electrons. The van der Waals surface area contributed by atoms with Gasteiger partial charge in [0.25, 0.3) is 11.5 Å². The van der Waals surface area contributed by atoms with Gasteiger partial charge in [0, 0.05) is 25.7 Å². The van der Waals surface area contributed by atoms with Crippen molar-refractivity contribution in [3.63, 3.8) is 0 Å². The van der Waals surface area contributed by atoms with Gasteiger partial charge in [0.15, 0.2) is 5.65 Å². The van der Waals surface area contributed by atoms with E-state index in [4.69, 9.17) is 0 Å². The van der Waals surface area contributed by atoms with Crippen LogP contribution in [0.3, 0.4) is 0 Å². The van der Waals surface area contributed by atoms with E-state index in [0.717, 1.165) is 0 Å². The number of fused-ring (bicyclic) bond motifs is 1. The summed E-state index contributed by atoms with van der Waals surface area (Å²) in [6.45, 7) is 0. The summed E-state index contributed by atoms with van der Waals surface area (Å²) in [5.74, 6) is 0.375. The number of amides is 1. The van der Waals surface area contributed by atoms with Crippen LogP contribution in [0.2, 0.25) is 0 Å². The fourth-order valence-electron chi connectivity index (χ4n) is 3.68. The molecule has 0 aromatic carbocycles. The van der Waals surface area contributed by atoms with Gasteiger partial charge in [0.2, 0.25) is 0 Å². The number of nitrogens with one attached hydrogen (secondary N) is 3. The lowest BCUT2D eigenvalue weighted by Gasteiger charge is -2.30. The molecule has 31 heavy (non-hydrogen) atoms. The maximum Gasteiger partial charge on any atom is 0.274 e. The van der Waals surface area contributed by atoms with Crippen LogP contribution in [0.1, 0.15) is 35.7 Å². The van der Waals surface area contributed by atoms with Crippen molar-refractivity contribution in [1.82, 2.24) is 24.5 Å². The monoisotopic (exact) mass is 429 g/mol. The van der Waals surface area contributed by atoms with E-state index < -0.39 is 30.3 Å². The van der Waals surface area contributed by atoms with Gasteiger partial charge in [-0.05, 0) is 25.0 Å². The Morgan fingerprint density at radius 1 is 1.26 bits per heavy atom. The molecule has 0 aliphatic heterocycles. The SMILES string of the molecule is CNc1cc(Nc2cccn([C@@H]3C[C@H]3F)c2=O)nc2c(C(=O)N[C@H]3CC[C@@H]3F)cnn12. The van der Waals surface area contributed by atoms with Gasteiger partial charge in [-0.1, -0.05) is 0 Å². The minimum absolute atomic E-state index is 0.197. The van der Waals surface area contributed by atoms with E-state index >= 15 is 0 Å². The Morgan fingerprint density at radius 3 is 2.71 bits per heavy atom. The molecule has 2 saturated carbocycles. The molecule has 2 aliphatic rings. The van der Waals surface area contributed by atoms with Crippen molar-refractivity contribution in [2.24, 2.45) is 0 Å². The van der Waals surface area contributed by atoms with Crippen LogP contribution in [-0.2, 0) is 0 Å². The second-order valence-corrected chi connectivity index (χ2v) is 7.82. The van der Waals surface area contributed by atoms with Crippen LogP contribution in [0.4, 0.5) is 26.1 Å². The molecule has 5 rings (SSSR count). The van der Waals surface area contributed by atoms with Crippen molar-refractivity contribution < 1.29 is 13.6 Å². The Hall–Kier alpha value is -3.50. The summed E-state index contributed by atoms with van der Waals surface area (Å²) in [5.41, 5.74) is 0.332. The number of halogens is 2. The number of aromatic nitrogens is 4. The van der Waals surface area contributed by atoms with Gasteiger partial charge in [-0.25, -0.2) is 13.8 Å². The van der Waals surface area contributed by atoms with Gasteiger partial charge in [0.1, 0.15) is 35.2 Å². The average molecular weight is 429 g/mol. The maximum absolute atomic E-state index is 13.6. The summed E-state index contributed by atoms with van der Waals surface area (Å²) in [7, 11) is 1.69. The van der Waals surface area contributed by atoms with Crippen LogP contribution in [0.15, 0.2) is 35.4 Å². The van der Waals surface area contributed by atoms with Gasteiger partial charge in [-0.2, -0.15) is 9.61 Å². The van der Waals surface area contributed by atoms with E-state index in [1.807, 2.05) is 0 Å². The molecule has 3 N–H and O–H groups in total. The van der Waals surface area contributed by atoms with Gasteiger partial charge >= 0.3 is 0 Å².